The molecule has 0 aliphatic rings. The van der Waals surface area contributed by atoms with E-state index in [1.54, 1.807) is 19.1 Å². The summed E-state index contributed by atoms with van der Waals surface area (Å²) in [7, 11) is -3.92. The van der Waals surface area contributed by atoms with E-state index in [0.29, 0.717) is 0 Å². The maximum atomic E-state index is 12.9. The highest BCUT2D eigenvalue weighted by atomic mass is 79.9. The maximum absolute atomic E-state index is 12.9. The van der Waals surface area contributed by atoms with Crippen LogP contribution in [0.5, 0.6) is 0 Å². The van der Waals surface area contributed by atoms with E-state index in [4.69, 9.17) is 4.74 Å². The standard InChI is InChI=1S/C22H22BrNO4S/c1-3-28-22(25)21(24-29(26,27)19-12-8-15(2)9-13-19)20(23)18-11-10-16-6-4-5-7-17(16)14-18/h4-14,20-21,24H,3H2,1-2H3. The van der Waals surface area contributed by atoms with Gasteiger partial charge in [0.15, 0.2) is 0 Å². The van der Waals surface area contributed by atoms with Gasteiger partial charge in [-0.25, -0.2) is 8.42 Å². The molecule has 0 amide bonds. The summed E-state index contributed by atoms with van der Waals surface area (Å²) in [6, 6.07) is 18.9. The Bertz CT molecular complexity index is 1110. The molecule has 0 saturated carbocycles. The van der Waals surface area contributed by atoms with Crippen molar-refractivity contribution in [3.05, 3.63) is 77.9 Å². The minimum absolute atomic E-state index is 0.0932. The lowest BCUT2D eigenvalue weighted by atomic mass is 10.0. The highest BCUT2D eigenvalue weighted by Gasteiger charge is 2.33. The molecule has 7 heteroatoms. The first-order valence-corrected chi connectivity index (χ1v) is 11.6. The van der Waals surface area contributed by atoms with Crippen molar-refractivity contribution in [2.75, 3.05) is 6.61 Å². The van der Waals surface area contributed by atoms with E-state index in [1.807, 2.05) is 49.4 Å². The Morgan fingerprint density at radius 2 is 1.69 bits per heavy atom. The summed E-state index contributed by atoms with van der Waals surface area (Å²) in [6.07, 6.45) is 0. The van der Waals surface area contributed by atoms with Gasteiger partial charge in [-0.1, -0.05) is 70.0 Å². The average Bonchev–Trinajstić information content (AvgIpc) is 2.71. The van der Waals surface area contributed by atoms with Crippen LogP contribution in [0.25, 0.3) is 10.8 Å². The van der Waals surface area contributed by atoms with Crippen LogP contribution < -0.4 is 4.72 Å². The van der Waals surface area contributed by atoms with Crippen LogP contribution in [-0.4, -0.2) is 27.0 Å². The number of carbonyl (C=O) groups excluding carboxylic acids is 1. The zero-order valence-electron chi connectivity index (χ0n) is 16.1. The van der Waals surface area contributed by atoms with Crippen molar-refractivity contribution in [1.82, 2.24) is 4.72 Å². The molecule has 0 heterocycles. The van der Waals surface area contributed by atoms with Gasteiger partial charge in [-0.15, -0.1) is 0 Å². The second-order valence-corrected chi connectivity index (χ2v) is 9.37. The third kappa shape index (κ3) is 5.04. The van der Waals surface area contributed by atoms with E-state index in [0.717, 1.165) is 21.9 Å². The number of aryl methyl sites for hydroxylation is 1. The van der Waals surface area contributed by atoms with Gasteiger partial charge in [0, 0.05) is 0 Å². The van der Waals surface area contributed by atoms with Crippen molar-refractivity contribution < 1.29 is 17.9 Å². The number of ether oxygens (including phenoxy) is 1. The predicted octanol–water partition coefficient (Wildman–Crippen LogP) is 4.49. The molecule has 3 rings (SSSR count). The van der Waals surface area contributed by atoms with E-state index in [2.05, 4.69) is 20.7 Å². The summed E-state index contributed by atoms with van der Waals surface area (Å²) in [5.41, 5.74) is 1.72. The van der Waals surface area contributed by atoms with E-state index >= 15 is 0 Å². The molecular weight excluding hydrogens is 454 g/mol. The fourth-order valence-electron chi connectivity index (χ4n) is 2.98. The lowest BCUT2D eigenvalue weighted by Crippen LogP contribution is -2.44. The molecule has 0 bridgehead atoms. The van der Waals surface area contributed by atoms with Crippen molar-refractivity contribution in [3.8, 4) is 0 Å². The fourth-order valence-corrected chi connectivity index (χ4v) is 4.99. The van der Waals surface area contributed by atoms with Gasteiger partial charge in [-0.2, -0.15) is 4.72 Å². The smallest absolute Gasteiger partial charge is 0.325 e. The van der Waals surface area contributed by atoms with Crippen molar-refractivity contribution in [1.29, 1.82) is 0 Å². The second-order valence-electron chi connectivity index (χ2n) is 6.67. The summed E-state index contributed by atoms with van der Waals surface area (Å²) < 4.78 is 33.4. The minimum Gasteiger partial charge on any atom is -0.465 e. The van der Waals surface area contributed by atoms with Crippen LogP contribution in [-0.2, 0) is 19.6 Å². The fraction of sp³-hybridized carbons (Fsp3) is 0.227. The molecule has 3 aromatic carbocycles. The Morgan fingerprint density at radius 3 is 2.34 bits per heavy atom. The zero-order valence-corrected chi connectivity index (χ0v) is 18.5. The summed E-state index contributed by atoms with van der Waals surface area (Å²) in [5, 5.41) is 2.06. The Labute approximate surface area is 179 Å². The molecule has 0 radical (unpaired) electrons. The molecule has 1 N–H and O–H groups in total. The monoisotopic (exact) mass is 475 g/mol. The number of alkyl halides is 1. The molecule has 152 valence electrons. The lowest BCUT2D eigenvalue weighted by molar-refractivity contribution is -0.145. The third-order valence-corrected chi connectivity index (χ3v) is 7.05. The van der Waals surface area contributed by atoms with Gasteiger partial charge in [-0.3, -0.25) is 4.79 Å². The molecule has 0 spiro atoms. The summed E-state index contributed by atoms with van der Waals surface area (Å²) in [4.78, 5) is 12.1. The first-order chi connectivity index (χ1) is 13.8. The minimum atomic E-state index is -3.92. The lowest BCUT2D eigenvalue weighted by Gasteiger charge is -2.23. The number of halogens is 1. The van der Waals surface area contributed by atoms with E-state index in [1.165, 1.54) is 12.1 Å². The van der Waals surface area contributed by atoms with Crippen LogP contribution in [0.4, 0.5) is 0 Å². The molecule has 0 fully saturated rings. The molecule has 5 nitrogen and oxygen atoms in total. The zero-order chi connectivity index (χ0) is 21.0. The SMILES string of the molecule is CCOC(=O)C(NS(=O)(=O)c1ccc(C)cc1)C(Br)c1ccc2ccccc2c1. The number of rotatable bonds is 7. The predicted molar refractivity (Wildman–Crippen MR) is 118 cm³/mol. The average molecular weight is 476 g/mol. The molecule has 0 aromatic heterocycles. The molecule has 0 aliphatic heterocycles. The molecule has 29 heavy (non-hydrogen) atoms. The largest absolute Gasteiger partial charge is 0.465 e. The third-order valence-electron chi connectivity index (χ3n) is 4.54. The van der Waals surface area contributed by atoms with Crippen molar-refractivity contribution in [3.63, 3.8) is 0 Å². The number of carbonyl (C=O) groups is 1. The van der Waals surface area contributed by atoms with Gasteiger partial charge in [0.05, 0.1) is 16.3 Å². The number of fused-ring (bicyclic) bond motifs is 1. The number of nitrogens with one attached hydrogen (secondary N) is 1. The van der Waals surface area contributed by atoms with Crippen LogP contribution >= 0.6 is 15.9 Å². The van der Waals surface area contributed by atoms with E-state index < -0.39 is 26.9 Å². The van der Waals surface area contributed by atoms with Gasteiger partial charge < -0.3 is 4.74 Å². The highest BCUT2D eigenvalue weighted by Crippen LogP contribution is 2.31. The van der Waals surface area contributed by atoms with E-state index in [9.17, 15) is 13.2 Å². The number of sulfonamides is 1. The Balaban J connectivity index is 1.95. The summed E-state index contributed by atoms with van der Waals surface area (Å²) in [5.74, 6) is -0.641. The molecule has 2 unspecified atom stereocenters. The van der Waals surface area contributed by atoms with Gasteiger partial charge in [0.25, 0.3) is 0 Å². The molecule has 0 aliphatic carbocycles. The molecule has 3 aromatic rings. The van der Waals surface area contributed by atoms with Crippen molar-refractivity contribution in [2.24, 2.45) is 0 Å². The highest BCUT2D eigenvalue weighted by molar-refractivity contribution is 9.09. The van der Waals surface area contributed by atoms with Crippen LogP contribution in [0.1, 0.15) is 22.9 Å². The van der Waals surface area contributed by atoms with Gasteiger partial charge >= 0.3 is 5.97 Å². The maximum Gasteiger partial charge on any atom is 0.325 e. The van der Waals surface area contributed by atoms with Crippen LogP contribution in [0.15, 0.2) is 71.6 Å². The Kier molecular flexibility index (Phi) is 6.72. The van der Waals surface area contributed by atoms with Crippen LogP contribution in [0.2, 0.25) is 0 Å². The first-order valence-electron chi connectivity index (χ1n) is 9.20. The number of hydrogen-bond acceptors (Lipinski definition) is 4. The normalized spacial score (nSPS) is 13.8. The van der Waals surface area contributed by atoms with Crippen LogP contribution in [0, 0.1) is 6.92 Å². The van der Waals surface area contributed by atoms with Gasteiger partial charge in [0.2, 0.25) is 10.0 Å². The Morgan fingerprint density at radius 1 is 1.03 bits per heavy atom. The summed E-state index contributed by atoms with van der Waals surface area (Å²) in [6.45, 7) is 3.71. The molecule has 0 saturated heterocycles. The molecular formula is C22H22BrNO4S. The second kappa shape index (κ2) is 9.07. The van der Waals surface area contributed by atoms with Crippen molar-refractivity contribution in [2.45, 2.75) is 29.6 Å². The van der Waals surface area contributed by atoms with E-state index in [-0.39, 0.29) is 11.5 Å². The quantitative estimate of drug-likeness (QED) is 0.403. The van der Waals surface area contributed by atoms with Gasteiger partial charge in [-0.05, 0) is 48.4 Å². The number of hydrogen-bond donors (Lipinski definition) is 1. The number of esters is 1. The summed E-state index contributed by atoms with van der Waals surface area (Å²) >= 11 is 3.52. The Hall–Kier alpha value is -2.22. The van der Waals surface area contributed by atoms with Crippen molar-refractivity contribution >= 4 is 42.7 Å². The van der Waals surface area contributed by atoms with Crippen LogP contribution in [0.3, 0.4) is 0 Å². The topological polar surface area (TPSA) is 72.5 Å². The first kappa shape index (κ1) is 21.5. The number of benzene rings is 3. The van der Waals surface area contributed by atoms with Gasteiger partial charge in [0.1, 0.15) is 6.04 Å². The molecule has 2 atom stereocenters.